The van der Waals surface area contributed by atoms with Gasteiger partial charge in [0.25, 0.3) is 0 Å². The van der Waals surface area contributed by atoms with Gasteiger partial charge in [-0.1, -0.05) is 11.6 Å². The van der Waals surface area contributed by atoms with E-state index in [4.69, 9.17) is 14.6 Å². The predicted octanol–water partition coefficient (Wildman–Crippen LogP) is 2.24. The lowest BCUT2D eigenvalue weighted by Crippen LogP contribution is -2.38. The van der Waals surface area contributed by atoms with E-state index in [1.807, 2.05) is 19.9 Å². The number of hydrogen-bond acceptors (Lipinski definition) is 6. The van der Waals surface area contributed by atoms with Crippen molar-refractivity contribution in [2.24, 2.45) is 0 Å². The van der Waals surface area contributed by atoms with Gasteiger partial charge in [0.2, 0.25) is 5.91 Å². The van der Waals surface area contributed by atoms with Gasteiger partial charge >= 0.3 is 11.9 Å². The lowest BCUT2D eigenvalue weighted by atomic mass is 9.94. The number of ether oxygens (including phenoxy) is 2. The smallest absolute Gasteiger partial charge is 0.342 e. The first-order valence-corrected chi connectivity index (χ1v) is 8.93. The predicted molar refractivity (Wildman–Crippen MR) is 100 cm³/mol. The number of benzene rings is 1. The van der Waals surface area contributed by atoms with Crippen LogP contribution in [0.1, 0.15) is 53.7 Å². The number of rotatable bonds is 8. The van der Waals surface area contributed by atoms with E-state index >= 15 is 0 Å². The standard InChI is InChI=1S/C20H25NO7/c1-10(6-8-15(22)21-12(3)19(24)25)5-7-13-17(23)16-14(9-28-20(16)26)11(2)18(13)27-4/h5,12,23H,6-9H2,1-4H3,(H,21,22)(H,24,25)/b10-5+/t12-/m1/s1. The fourth-order valence-corrected chi connectivity index (χ4v) is 3.09. The molecule has 0 saturated heterocycles. The van der Waals surface area contributed by atoms with E-state index < -0.39 is 18.0 Å². The number of aromatic hydroxyl groups is 1. The van der Waals surface area contributed by atoms with Crippen molar-refractivity contribution in [2.75, 3.05) is 7.11 Å². The molecule has 0 radical (unpaired) electrons. The van der Waals surface area contributed by atoms with Crippen LogP contribution in [0.5, 0.6) is 11.5 Å². The summed E-state index contributed by atoms with van der Waals surface area (Å²) in [6.45, 7) is 5.17. The maximum Gasteiger partial charge on any atom is 0.342 e. The number of nitrogens with one attached hydrogen (secondary N) is 1. The third-order valence-electron chi connectivity index (χ3n) is 4.80. The summed E-state index contributed by atoms with van der Waals surface area (Å²) in [4.78, 5) is 34.5. The van der Waals surface area contributed by atoms with E-state index in [1.165, 1.54) is 14.0 Å². The van der Waals surface area contributed by atoms with Crippen LogP contribution in [0.2, 0.25) is 0 Å². The van der Waals surface area contributed by atoms with Crippen LogP contribution in [0.15, 0.2) is 11.6 Å². The molecule has 1 amide bonds. The van der Waals surface area contributed by atoms with E-state index in [1.54, 1.807) is 0 Å². The summed E-state index contributed by atoms with van der Waals surface area (Å²) >= 11 is 0. The van der Waals surface area contributed by atoms with Crippen LogP contribution in [-0.4, -0.2) is 41.2 Å². The summed E-state index contributed by atoms with van der Waals surface area (Å²) in [6.07, 6.45) is 2.75. The summed E-state index contributed by atoms with van der Waals surface area (Å²) in [5.74, 6) is -1.62. The fraction of sp³-hybridized carbons (Fsp3) is 0.450. The summed E-state index contributed by atoms with van der Waals surface area (Å²) < 4.78 is 10.5. The lowest BCUT2D eigenvalue weighted by molar-refractivity contribution is -0.141. The van der Waals surface area contributed by atoms with Gasteiger partial charge in [0, 0.05) is 17.5 Å². The highest BCUT2D eigenvalue weighted by atomic mass is 16.5. The molecule has 28 heavy (non-hydrogen) atoms. The molecule has 0 spiro atoms. The number of methoxy groups -OCH3 is 1. The maximum absolute atomic E-state index is 11.9. The van der Waals surface area contributed by atoms with E-state index in [-0.39, 0.29) is 30.2 Å². The van der Waals surface area contributed by atoms with Crippen LogP contribution >= 0.6 is 0 Å². The molecule has 1 aliphatic rings. The lowest BCUT2D eigenvalue weighted by Gasteiger charge is -2.15. The number of carbonyl (C=O) groups is 3. The molecule has 1 aliphatic heterocycles. The molecule has 1 atom stereocenters. The molecule has 0 fully saturated rings. The first-order chi connectivity index (χ1) is 13.2. The second kappa shape index (κ2) is 8.77. The second-order valence-electron chi connectivity index (χ2n) is 6.80. The van der Waals surface area contributed by atoms with Gasteiger partial charge < -0.3 is 25.0 Å². The van der Waals surface area contributed by atoms with Gasteiger partial charge in [-0.2, -0.15) is 0 Å². The molecular formula is C20H25NO7. The zero-order chi connectivity index (χ0) is 21.0. The Balaban J connectivity index is 2.12. The number of allylic oxidation sites excluding steroid dienone is 2. The molecule has 0 saturated carbocycles. The largest absolute Gasteiger partial charge is 0.507 e. The first-order valence-electron chi connectivity index (χ1n) is 8.93. The number of cyclic esters (lactones) is 1. The Morgan fingerprint density at radius 3 is 2.64 bits per heavy atom. The number of phenolic OH excluding ortho intramolecular Hbond substituents is 1. The average molecular weight is 391 g/mol. The monoisotopic (exact) mass is 391 g/mol. The molecule has 8 nitrogen and oxygen atoms in total. The Hall–Kier alpha value is -3.03. The molecule has 1 aromatic carbocycles. The van der Waals surface area contributed by atoms with Crippen molar-refractivity contribution in [3.05, 3.63) is 33.9 Å². The van der Waals surface area contributed by atoms with Crippen molar-refractivity contribution in [1.82, 2.24) is 5.32 Å². The Morgan fingerprint density at radius 1 is 1.36 bits per heavy atom. The van der Waals surface area contributed by atoms with E-state index in [9.17, 15) is 19.5 Å². The average Bonchev–Trinajstić information content (AvgIpc) is 3.03. The van der Waals surface area contributed by atoms with Gasteiger partial charge in [-0.3, -0.25) is 9.59 Å². The van der Waals surface area contributed by atoms with E-state index in [0.717, 1.165) is 11.1 Å². The molecule has 1 aromatic rings. The van der Waals surface area contributed by atoms with Gasteiger partial charge in [-0.25, -0.2) is 4.79 Å². The number of aliphatic carboxylic acids is 1. The van der Waals surface area contributed by atoms with Gasteiger partial charge in [0.15, 0.2) is 0 Å². The highest BCUT2D eigenvalue weighted by molar-refractivity contribution is 5.98. The minimum atomic E-state index is -1.09. The Labute approximate surface area is 163 Å². The number of fused-ring (bicyclic) bond motifs is 1. The topological polar surface area (TPSA) is 122 Å². The SMILES string of the molecule is COc1c(C)c2c(c(O)c1C/C=C(\C)CCC(=O)N[C@H](C)C(=O)O)C(=O)OC2. The molecule has 2 rings (SSSR count). The fourth-order valence-electron chi connectivity index (χ4n) is 3.09. The normalized spacial score (nSPS) is 14.3. The highest BCUT2D eigenvalue weighted by Gasteiger charge is 2.31. The van der Waals surface area contributed by atoms with Gasteiger partial charge in [0.1, 0.15) is 29.7 Å². The number of esters is 1. The highest BCUT2D eigenvalue weighted by Crippen LogP contribution is 2.42. The number of carboxylic acid groups (broad SMARTS) is 1. The van der Waals surface area contributed by atoms with Crippen molar-refractivity contribution >= 4 is 17.8 Å². The van der Waals surface area contributed by atoms with E-state index in [0.29, 0.717) is 29.7 Å². The van der Waals surface area contributed by atoms with Crippen molar-refractivity contribution in [1.29, 1.82) is 0 Å². The first kappa shape index (κ1) is 21.3. The van der Waals surface area contributed by atoms with Crippen molar-refractivity contribution < 1.29 is 34.1 Å². The second-order valence-corrected chi connectivity index (χ2v) is 6.80. The molecule has 1 heterocycles. The van der Waals surface area contributed by atoms with Crippen LogP contribution in [0.3, 0.4) is 0 Å². The third kappa shape index (κ3) is 4.44. The number of phenols is 1. The molecule has 8 heteroatoms. The molecule has 0 aromatic heterocycles. The van der Waals surface area contributed by atoms with Crippen LogP contribution in [-0.2, 0) is 27.4 Å². The molecule has 0 aliphatic carbocycles. The summed E-state index contributed by atoms with van der Waals surface area (Å²) in [7, 11) is 1.50. The van der Waals surface area contributed by atoms with Gasteiger partial charge in [0.05, 0.1) is 7.11 Å². The van der Waals surface area contributed by atoms with Crippen molar-refractivity contribution in [3.8, 4) is 11.5 Å². The van der Waals surface area contributed by atoms with E-state index in [2.05, 4.69) is 5.32 Å². The van der Waals surface area contributed by atoms with Crippen molar-refractivity contribution in [3.63, 3.8) is 0 Å². The molecule has 0 bridgehead atoms. The number of hydrogen-bond donors (Lipinski definition) is 3. The zero-order valence-corrected chi connectivity index (χ0v) is 16.4. The van der Waals surface area contributed by atoms with Gasteiger partial charge in [-0.15, -0.1) is 0 Å². The van der Waals surface area contributed by atoms with Gasteiger partial charge in [-0.05, 0) is 39.2 Å². The molecule has 0 unspecified atom stereocenters. The molecule has 152 valence electrons. The summed E-state index contributed by atoms with van der Waals surface area (Å²) in [6, 6.07) is -0.938. The quantitative estimate of drug-likeness (QED) is 0.459. The van der Waals surface area contributed by atoms with Crippen LogP contribution in [0.25, 0.3) is 0 Å². The van der Waals surface area contributed by atoms with Crippen LogP contribution in [0.4, 0.5) is 0 Å². The Morgan fingerprint density at radius 2 is 2.04 bits per heavy atom. The summed E-state index contributed by atoms with van der Waals surface area (Å²) in [5.41, 5.74) is 2.94. The summed E-state index contributed by atoms with van der Waals surface area (Å²) in [5, 5.41) is 21.8. The molecular weight excluding hydrogens is 366 g/mol. The Kier molecular flexibility index (Phi) is 6.66. The Bertz CT molecular complexity index is 842. The third-order valence-corrected chi connectivity index (χ3v) is 4.80. The minimum absolute atomic E-state index is 0.114. The molecule has 3 N–H and O–H groups in total. The number of amides is 1. The number of carboxylic acids is 1. The van der Waals surface area contributed by atoms with Crippen LogP contribution in [0, 0.1) is 6.92 Å². The van der Waals surface area contributed by atoms with Crippen molar-refractivity contribution in [2.45, 2.75) is 52.7 Å². The maximum atomic E-state index is 11.9. The number of carbonyl (C=O) groups excluding carboxylic acids is 2. The van der Waals surface area contributed by atoms with Crippen LogP contribution < -0.4 is 10.1 Å². The minimum Gasteiger partial charge on any atom is -0.507 e. The zero-order valence-electron chi connectivity index (χ0n) is 16.4.